The van der Waals surface area contributed by atoms with Crippen LogP contribution in [0.4, 0.5) is 0 Å². The molecular weight excluding hydrogens is 236 g/mol. The van der Waals surface area contributed by atoms with Crippen molar-refractivity contribution in [3.8, 4) is 0 Å². The van der Waals surface area contributed by atoms with E-state index >= 15 is 0 Å². The number of thioether (sulfide) groups is 2. The Labute approximate surface area is 108 Å². The summed E-state index contributed by atoms with van der Waals surface area (Å²) in [6, 6.07) is 0.476. The Balaban J connectivity index is 2.61. The van der Waals surface area contributed by atoms with Crippen LogP contribution in [0.1, 0.15) is 40.0 Å². The van der Waals surface area contributed by atoms with E-state index < -0.39 is 0 Å². The SMILES string of the molecule is CCC(CSC)N=C1NC(C)(CC)CCS1. The maximum absolute atomic E-state index is 4.83. The Bertz CT molecular complexity index is 243. The van der Waals surface area contributed by atoms with Crippen LogP contribution in [0.15, 0.2) is 4.99 Å². The molecule has 2 unspecified atom stereocenters. The fourth-order valence-electron chi connectivity index (χ4n) is 1.67. The highest BCUT2D eigenvalue weighted by molar-refractivity contribution is 8.13. The van der Waals surface area contributed by atoms with Gasteiger partial charge in [0.15, 0.2) is 5.17 Å². The lowest BCUT2D eigenvalue weighted by molar-refractivity contribution is 0.389. The van der Waals surface area contributed by atoms with E-state index in [0.717, 1.165) is 17.3 Å². The monoisotopic (exact) mass is 260 g/mol. The summed E-state index contributed by atoms with van der Waals surface area (Å²) in [5.41, 5.74) is 0.266. The molecule has 0 saturated carbocycles. The minimum atomic E-state index is 0.266. The molecule has 0 aliphatic carbocycles. The number of amidine groups is 1. The van der Waals surface area contributed by atoms with Gasteiger partial charge in [-0.3, -0.25) is 4.99 Å². The largest absolute Gasteiger partial charge is 0.360 e. The lowest BCUT2D eigenvalue weighted by atomic mass is 9.96. The smallest absolute Gasteiger partial charge is 0.157 e. The van der Waals surface area contributed by atoms with Crippen LogP contribution in [0.2, 0.25) is 0 Å². The third-order valence-corrected chi connectivity index (χ3v) is 4.82. The van der Waals surface area contributed by atoms with Gasteiger partial charge in [0.25, 0.3) is 0 Å². The number of aliphatic imine (C=N–C) groups is 1. The van der Waals surface area contributed by atoms with Crippen LogP contribution in [0, 0.1) is 0 Å². The Hall–Kier alpha value is 0.170. The molecule has 1 saturated heterocycles. The molecule has 1 heterocycles. The number of nitrogens with one attached hydrogen (secondary N) is 1. The maximum atomic E-state index is 4.83. The zero-order valence-electron chi connectivity index (χ0n) is 10.9. The van der Waals surface area contributed by atoms with E-state index in [1.54, 1.807) is 0 Å². The molecule has 1 aliphatic rings. The molecule has 0 spiro atoms. The van der Waals surface area contributed by atoms with Crippen LogP contribution >= 0.6 is 23.5 Å². The minimum absolute atomic E-state index is 0.266. The van der Waals surface area contributed by atoms with Crippen LogP contribution in [0.5, 0.6) is 0 Å². The van der Waals surface area contributed by atoms with Crippen LogP contribution in [0.25, 0.3) is 0 Å². The topological polar surface area (TPSA) is 24.4 Å². The molecule has 1 rings (SSSR count). The van der Waals surface area contributed by atoms with E-state index in [0.29, 0.717) is 6.04 Å². The molecule has 1 fully saturated rings. The van der Waals surface area contributed by atoms with Crippen LogP contribution < -0.4 is 5.32 Å². The third-order valence-electron chi connectivity index (χ3n) is 3.21. The molecule has 1 N–H and O–H groups in total. The van der Waals surface area contributed by atoms with Gasteiger partial charge in [0.2, 0.25) is 0 Å². The Morgan fingerprint density at radius 2 is 2.31 bits per heavy atom. The fraction of sp³-hybridized carbons (Fsp3) is 0.917. The van der Waals surface area contributed by atoms with Crippen LogP contribution in [-0.4, -0.2) is 34.5 Å². The van der Waals surface area contributed by atoms with E-state index in [2.05, 4.69) is 32.3 Å². The van der Waals surface area contributed by atoms with Crippen molar-refractivity contribution in [1.29, 1.82) is 0 Å². The molecule has 0 aromatic rings. The lowest BCUT2D eigenvalue weighted by Crippen LogP contribution is -2.48. The van der Waals surface area contributed by atoms with Gasteiger partial charge in [0.05, 0.1) is 6.04 Å². The predicted molar refractivity (Wildman–Crippen MR) is 78.8 cm³/mol. The summed E-state index contributed by atoms with van der Waals surface area (Å²) in [6.45, 7) is 6.77. The quantitative estimate of drug-likeness (QED) is 0.820. The van der Waals surface area contributed by atoms with Gasteiger partial charge in [-0.25, -0.2) is 0 Å². The Kier molecular flexibility index (Phi) is 6.05. The second kappa shape index (κ2) is 6.80. The first kappa shape index (κ1) is 14.2. The second-order valence-corrected chi connectivity index (χ2v) is 6.58. The Morgan fingerprint density at radius 1 is 1.56 bits per heavy atom. The maximum Gasteiger partial charge on any atom is 0.157 e. The van der Waals surface area contributed by atoms with Gasteiger partial charge in [-0.2, -0.15) is 11.8 Å². The van der Waals surface area contributed by atoms with E-state index in [9.17, 15) is 0 Å². The summed E-state index contributed by atoms with van der Waals surface area (Å²) < 4.78 is 0. The molecule has 0 bridgehead atoms. The van der Waals surface area contributed by atoms with Gasteiger partial charge >= 0.3 is 0 Å². The predicted octanol–water partition coefficient (Wildman–Crippen LogP) is 3.38. The lowest BCUT2D eigenvalue weighted by Gasteiger charge is -2.35. The van der Waals surface area contributed by atoms with Crippen molar-refractivity contribution in [1.82, 2.24) is 5.32 Å². The highest BCUT2D eigenvalue weighted by Crippen LogP contribution is 2.25. The van der Waals surface area contributed by atoms with Crippen molar-refractivity contribution < 1.29 is 0 Å². The fourth-order valence-corrected chi connectivity index (χ4v) is 3.65. The van der Waals surface area contributed by atoms with E-state index in [-0.39, 0.29) is 5.54 Å². The van der Waals surface area contributed by atoms with Gasteiger partial charge in [0.1, 0.15) is 0 Å². The molecule has 0 radical (unpaired) electrons. The molecule has 4 heteroatoms. The molecule has 0 aromatic carbocycles. The minimum Gasteiger partial charge on any atom is -0.360 e. The molecule has 16 heavy (non-hydrogen) atoms. The zero-order chi connectivity index (χ0) is 12.0. The summed E-state index contributed by atoms with van der Waals surface area (Å²) in [5.74, 6) is 2.33. The van der Waals surface area contributed by atoms with Crippen LogP contribution in [0.3, 0.4) is 0 Å². The average Bonchev–Trinajstić information content (AvgIpc) is 2.29. The van der Waals surface area contributed by atoms with E-state index in [1.807, 2.05) is 23.5 Å². The molecule has 0 amide bonds. The van der Waals surface area contributed by atoms with E-state index in [1.165, 1.54) is 18.6 Å². The van der Waals surface area contributed by atoms with Crippen molar-refractivity contribution >= 4 is 28.7 Å². The summed E-state index contributed by atoms with van der Waals surface area (Å²) in [7, 11) is 0. The number of hydrogen-bond donors (Lipinski definition) is 1. The summed E-state index contributed by atoms with van der Waals surface area (Å²) in [4.78, 5) is 4.83. The van der Waals surface area contributed by atoms with Crippen molar-refractivity contribution in [2.24, 2.45) is 4.99 Å². The van der Waals surface area contributed by atoms with Crippen LogP contribution in [-0.2, 0) is 0 Å². The summed E-state index contributed by atoms with van der Waals surface area (Å²) in [5, 5.41) is 4.77. The molecule has 2 atom stereocenters. The van der Waals surface area contributed by atoms with Gasteiger partial charge in [0, 0.05) is 17.0 Å². The molecule has 94 valence electrons. The third kappa shape index (κ3) is 4.21. The zero-order valence-corrected chi connectivity index (χ0v) is 12.5. The van der Waals surface area contributed by atoms with Gasteiger partial charge in [-0.15, -0.1) is 0 Å². The van der Waals surface area contributed by atoms with Gasteiger partial charge in [-0.05, 0) is 32.4 Å². The number of rotatable bonds is 5. The highest BCUT2D eigenvalue weighted by atomic mass is 32.2. The van der Waals surface area contributed by atoms with Crippen molar-refractivity contribution in [2.75, 3.05) is 17.8 Å². The number of hydrogen-bond acceptors (Lipinski definition) is 3. The molecule has 2 nitrogen and oxygen atoms in total. The van der Waals surface area contributed by atoms with Crippen molar-refractivity contribution in [3.05, 3.63) is 0 Å². The highest BCUT2D eigenvalue weighted by Gasteiger charge is 2.27. The van der Waals surface area contributed by atoms with Crippen molar-refractivity contribution in [3.63, 3.8) is 0 Å². The normalized spacial score (nSPS) is 30.1. The van der Waals surface area contributed by atoms with Crippen molar-refractivity contribution in [2.45, 2.75) is 51.6 Å². The van der Waals surface area contributed by atoms with E-state index in [4.69, 9.17) is 4.99 Å². The molecular formula is C12H24N2S2. The summed E-state index contributed by atoms with van der Waals surface area (Å²) >= 11 is 3.76. The standard InChI is InChI=1S/C12H24N2S2/c1-5-10(9-15-4)13-11-14-12(3,6-2)7-8-16-11/h10H,5-9H2,1-4H3,(H,13,14). The Morgan fingerprint density at radius 3 is 2.88 bits per heavy atom. The first-order valence-corrected chi connectivity index (χ1v) is 8.49. The van der Waals surface area contributed by atoms with Gasteiger partial charge < -0.3 is 5.32 Å². The molecule has 0 aromatic heterocycles. The molecule has 1 aliphatic heterocycles. The first-order chi connectivity index (χ1) is 7.63. The second-order valence-electron chi connectivity index (χ2n) is 4.59. The average molecular weight is 260 g/mol. The van der Waals surface area contributed by atoms with Gasteiger partial charge in [-0.1, -0.05) is 25.6 Å². The first-order valence-electron chi connectivity index (χ1n) is 6.11. The summed E-state index contributed by atoms with van der Waals surface area (Å²) in [6.07, 6.45) is 5.70. The number of nitrogens with zero attached hydrogens (tertiary/aromatic N) is 1.